The van der Waals surface area contributed by atoms with E-state index in [0.29, 0.717) is 36.0 Å². The quantitative estimate of drug-likeness (QED) is 0.807. The predicted octanol–water partition coefficient (Wildman–Crippen LogP) is 2.00. The Morgan fingerprint density at radius 1 is 1.04 bits per heavy atom. The number of aromatic nitrogens is 2. The van der Waals surface area contributed by atoms with Crippen molar-refractivity contribution < 1.29 is 8.42 Å². The Labute approximate surface area is 156 Å². The van der Waals surface area contributed by atoms with Crippen molar-refractivity contribution in [2.45, 2.75) is 62.6 Å². The molecule has 1 aromatic rings. The molecule has 4 aliphatic rings. The molecule has 1 saturated carbocycles. The number of rotatable bonds is 3. The van der Waals surface area contributed by atoms with E-state index in [1.54, 1.807) is 17.4 Å². The zero-order chi connectivity index (χ0) is 18.1. The number of nitrogens with zero attached hydrogens (tertiary/aromatic N) is 4. The molecule has 2 bridgehead atoms. The Hall–Kier alpha value is -0.920. The maximum absolute atomic E-state index is 13.2. The van der Waals surface area contributed by atoms with Crippen LogP contribution in [0.1, 0.15) is 44.2 Å². The van der Waals surface area contributed by atoms with Gasteiger partial charge in [-0.05, 0) is 62.8 Å². The van der Waals surface area contributed by atoms with Gasteiger partial charge in [-0.3, -0.25) is 9.58 Å². The molecule has 3 aliphatic heterocycles. The van der Waals surface area contributed by atoms with E-state index in [4.69, 9.17) is 0 Å². The third-order valence-corrected chi connectivity index (χ3v) is 9.02. The maximum Gasteiger partial charge on any atom is 0.260 e. The summed E-state index contributed by atoms with van der Waals surface area (Å²) in [6.45, 7) is 4.30. The summed E-state index contributed by atoms with van der Waals surface area (Å²) >= 11 is 0. The van der Waals surface area contributed by atoms with Crippen LogP contribution < -0.4 is 0 Å². The molecule has 3 saturated heterocycles. The summed E-state index contributed by atoms with van der Waals surface area (Å²) in [5.41, 5.74) is 0.758. The summed E-state index contributed by atoms with van der Waals surface area (Å²) in [6.07, 6.45) is 7.94. The van der Waals surface area contributed by atoms with Gasteiger partial charge >= 0.3 is 0 Å². The largest absolute Gasteiger partial charge is 0.297 e. The van der Waals surface area contributed by atoms with Crippen molar-refractivity contribution in [3.63, 3.8) is 0 Å². The van der Waals surface area contributed by atoms with Crippen LogP contribution in [-0.4, -0.2) is 59.1 Å². The number of sulfonamides is 1. The van der Waals surface area contributed by atoms with Crippen LogP contribution >= 0.6 is 0 Å². The molecular formula is C19H30N4O2S. The smallest absolute Gasteiger partial charge is 0.260 e. The zero-order valence-electron chi connectivity index (χ0n) is 15.8. The molecule has 0 aromatic carbocycles. The molecule has 5 rings (SSSR count). The molecule has 0 N–H and O–H groups in total. The minimum absolute atomic E-state index is 0.339. The van der Waals surface area contributed by atoms with Gasteiger partial charge in [-0.2, -0.15) is 9.40 Å². The number of aryl methyl sites for hydroxylation is 2. The summed E-state index contributed by atoms with van der Waals surface area (Å²) in [7, 11) is -1.72. The summed E-state index contributed by atoms with van der Waals surface area (Å²) in [5.74, 6) is 1.90. The van der Waals surface area contributed by atoms with Gasteiger partial charge in [0.1, 0.15) is 0 Å². The second-order valence-electron chi connectivity index (χ2n) is 9.03. The molecule has 0 amide bonds. The van der Waals surface area contributed by atoms with Crippen LogP contribution in [0.25, 0.3) is 0 Å². The Balaban J connectivity index is 1.40. The van der Waals surface area contributed by atoms with Gasteiger partial charge in [0.05, 0.1) is 5.69 Å². The summed E-state index contributed by atoms with van der Waals surface area (Å²) in [5, 5.41) is 4.59. The van der Waals surface area contributed by atoms with Crippen LogP contribution in [0, 0.1) is 24.7 Å². The van der Waals surface area contributed by atoms with Crippen LogP contribution in [0.2, 0.25) is 0 Å². The highest BCUT2D eigenvalue weighted by Crippen LogP contribution is 2.46. The van der Waals surface area contributed by atoms with Gasteiger partial charge in [-0.15, -0.1) is 0 Å². The molecule has 0 spiro atoms. The van der Waals surface area contributed by atoms with Crippen LogP contribution in [0.4, 0.5) is 0 Å². The lowest BCUT2D eigenvalue weighted by atomic mass is 9.74. The van der Waals surface area contributed by atoms with Crippen molar-refractivity contribution in [2.24, 2.45) is 24.8 Å². The Kier molecular flexibility index (Phi) is 4.00. The first kappa shape index (κ1) is 17.2. The number of piperidine rings is 3. The average Bonchev–Trinajstić information content (AvgIpc) is 3.38. The van der Waals surface area contributed by atoms with Gasteiger partial charge in [-0.25, -0.2) is 8.42 Å². The van der Waals surface area contributed by atoms with Gasteiger partial charge in [0.25, 0.3) is 10.0 Å². The molecule has 144 valence electrons. The second kappa shape index (κ2) is 6.04. The lowest BCUT2D eigenvalue weighted by molar-refractivity contribution is -0.0463. The normalized spacial score (nSPS) is 36.1. The molecule has 1 aliphatic carbocycles. The van der Waals surface area contributed by atoms with Gasteiger partial charge in [-0.1, -0.05) is 6.42 Å². The lowest BCUT2D eigenvalue weighted by Gasteiger charge is -2.55. The van der Waals surface area contributed by atoms with E-state index >= 15 is 0 Å². The van der Waals surface area contributed by atoms with E-state index in [-0.39, 0.29) is 0 Å². The lowest BCUT2D eigenvalue weighted by Crippen LogP contribution is -2.62. The summed E-state index contributed by atoms with van der Waals surface area (Å²) in [6, 6.07) is 3.08. The van der Waals surface area contributed by atoms with E-state index in [2.05, 4.69) is 10.00 Å². The number of hydrogen-bond acceptors (Lipinski definition) is 4. The molecule has 0 unspecified atom stereocenters. The Morgan fingerprint density at radius 2 is 1.77 bits per heavy atom. The van der Waals surface area contributed by atoms with E-state index in [0.717, 1.165) is 24.2 Å². The third kappa shape index (κ3) is 2.74. The molecule has 6 nitrogen and oxygen atoms in total. The first-order chi connectivity index (χ1) is 12.4. The highest BCUT2D eigenvalue weighted by atomic mass is 32.2. The second-order valence-corrected chi connectivity index (χ2v) is 10.9. The molecule has 4 fully saturated rings. The highest BCUT2D eigenvalue weighted by molar-refractivity contribution is 7.89. The van der Waals surface area contributed by atoms with Crippen molar-refractivity contribution in [3.05, 3.63) is 11.8 Å². The topological polar surface area (TPSA) is 58.4 Å². The SMILES string of the molecule is Cc1cc(S(=O)(=O)N2C[C@@H]3C[C@H](C2)[C@@H]2CCC[C@H](C4CC4)N2C3)n(C)n1. The van der Waals surface area contributed by atoms with Crippen molar-refractivity contribution in [1.82, 2.24) is 19.0 Å². The first-order valence-corrected chi connectivity index (χ1v) is 11.6. The van der Waals surface area contributed by atoms with E-state index in [1.165, 1.54) is 43.2 Å². The monoisotopic (exact) mass is 378 g/mol. The molecule has 1 aromatic heterocycles. The molecule has 4 atom stereocenters. The maximum atomic E-state index is 13.2. The summed E-state index contributed by atoms with van der Waals surface area (Å²) in [4.78, 5) is 2.80. The molecule has 0 radical (unpaired) electrons. The van der Waals surface area contributed by atoms with Gasteiger partial charge < -0.3 is 0 Å². The number of fused-ring (bicyclic) bond motifs is 4. The molecular weight excluding hydrogens is 348 g/mol. The molecule has 4 heterocycles. The van der Waals surface area contributed by atoms with Gasteiger partial charge in [0.2, 0.25) is 0 Å². The zero-order valence-corrected chi connectivity index (χ0v) is 16.7. The standard InChI is InChI=1S/C19H30N4O2S/c1-13-8-19(21(2)20-13)26(24,25)22-10-14-9-16(12-22)18-5-3-4-17(15-6-7-15)23(18)11-14/h8,14-18H,3-7,9-12H2,1-2H3/t14-,16+,17+,18-/m0/s1. The van der Waals surface area contributed by atoms with Crippen LogP contribution in [0.3, 0.4) is 0 Å². The van der Waals surface area contributed by atoms with Gasteiger partial charge in [0, 0.05) is 38.8 Å². The minimum atomic E-state index is -3.45. The Bertz CT molecular complexity index is 800. The predicted molar refractivity (Wildman–Crippen MR) is 99.2 cm³/mol. The van der Waals surface area contributed by atoms with Crippen LogP contribution in [-0.2, 0) is 17.1 Å². The van der Waals surface area contributed by atoms with E-state index < -0.39 is 10.0 Å². The van der Waals surface area contributed by atoms with Crippen molar-refractivity contribution in [1.29, 1.82) is 0 Å². The molecule has 7 heteroatoms. The highest BCUT2D eigenvalue weighted by Gasteiger charge is 2.49. The fraction of sp³-hybridized carbons (Fsp3) is 0.842. The van der Waals surface area contributed by atoms with Crippen LogP contribution in [0.15, 0.2) is 11.1 Å². The van der Waals surface area contributed by atoms with E-state index in [9.17, 15) is 8.42 Å². The Morgan fingerprint density at radius 3 is 2.42 bits per heavy atom. The number of hydrogen-bond donors (Lipinski definition) is 0. The van der Waals surface area contributed by atoms with Crippen LogP contribution in [0.5, 0.6) is 0 Å². The van der Waals surface area contributed by atoms with Crippen molar-refractivity contribution >= 4 is 10.0 Å². The van der Waals surface area contributed by atoms with Gasteiger partial charge in [0.15, 0.2) is 5.03 Å². The fourth-order valence-electron chi connectivity index (χ4n) is 5.95. The fourth-order valence-corrected chi connectivity index (χ4v) is 7.70. The molecule has 26 heavy (non-hydrogen) atoms. The van der Waals surface area contributed by atoms with Crippen molar-refractivity contribution in [3.8, 4) is 0 Å². The van der Waals surface area contributed by atoms with E-state index in [1.807, 2.05) is 6.92 Å². The first-order valence-electron chi connectivity index (χ1n) is 10.2. The third-order valence-electron chi connectivity index (χ3n) is 7.13. The van der Waals surface area contributed by atoms with Crippen molar-refractivity contribution in [2.75, 3.05) is 19.6 Å². The summed E-state index contributed by atoms with van der Waals surface area (Å²) < 4.78 is 29.8. The average molecular weight is 379 g/mol. The minimum Gasteiger partial charge on any atom is -0.297 e.